The average Bonchev–Trinajstić information content (AvgIpc) is 2.26. The standard InChI is InChI=1S/C12H16ClNO2/c1-8(13)12(16)14(3)9(2)10-6-4-5-7-11(10)15/h4-9,15H,1-3H3. The molecule has 0 aliphatic heterocycles. The largest absolute Gasteiger partial charge is 0.508 e. The second kappa shape index (κ2) is 5.21. The van der Waals surface area contributed by atoms with Gasteiger partial charge in [-0.25, -0.2) is 0 Å². The number of benzene rings is 1. The predicted molar refractivity (Wildman–Crippen MR) is 64.6 cm³/mol. The highest BCUT2D eigenvalue weighted by atomic mass is 35.5. The maximum absolute atomic E-state index is 11.7. The van der Waals surface area contributed by atoms with Gasteiger partial charge >= 0.3 is 0 Å². The average molecular weight is 242 g/mol. The number of nitrogens with zero attached hydrogens (tertiary/aromatic N) is 1. The number of phenols is 1. The van der Waals surface area contributed by atoms with Gasteiger partial charge in [0.25, 0.3) is 0 Å². The first-order chi connectivity index (χ1) is 7.45. The van der Waals surface area contributed by atoms with E-state index >= 15 is 0 Å². The molecule has 0 heterocycles. The molecule has 0 fully saturated rings. The molecule has 3 nitrogen and oxygen atoms in total. The summed E-state index contributed by atoms with van der Waals surface area (Å²) in [5, 5.41) is 9.12. The number of aromatic hydroxyl groups is 1. The Balaban J connectivity index is 2.90. The van der Waals surface area contributed by atoms with E-state index in [2.05, 4.69) is 0 Å². The van der Waals surface area contributed by atoms with E-state index < -0.39 is 5.38 Å². The van der Waals surface area contributed by atoms with Crippen molar-refractivity contribution in [1.82, 2.24) is 4.90 Å². The molecule has 16 heavy (non-hydrogen) atoms. The molecular formula is C12H16ClNO2. The zero-order valence-electron chi connectivity index (χ0n) is 9.64. The van der Waals surface area contributed by atoms with Crippen molar-refractivity contribution in [3.63, 3.8) is 0 Å². The minimum absolute atomic E-state index is 0.155. The molecule has 4 heteroatoms. The van der Waals surface area contributed by atoms with E-state index in [9.17, 15) is 9.90 Å². The van der Waals surface area contributed by atoms with Crippen molar-refractivity contribution in [1.29, 1.82) is 0 Å². The van der Waals surface area contributed by atoms with Crippen molar-refractivity contribution in [3.8, 4) is 5.75 Å². The predicted octanol–water partition coefficient (Wildman–Crippen LogP) is 2.54. The number of rotatable bonds is 3. The second-order valence-electron chi connectivity index (χ2n) is 3.80. The quantitative estimate of drug-likeness (QED) is 0.827. The third-order valence-corrected chi connectivity index (χ3v) is 2.84. The van der Waals surface area contributed by atoms with Crippen molar-refractivity contribution in [2.75, 3.05) is 7.05 Å². The fourth-order valence-corrected chi connectivity index (χ4v) is 1.67. The van der Waals surface area contributed by atoms with Crippen molar-refractivity contribution < 1.29 is 9.90 Å². The van der Waals surface area contributed by atoms with E-state index in [-0.39, 0.29) is 17.7 Å². The Bertz CT molecular complexity index is 379. The highest BCUT2D eigenvalue weighted by Gasteiger charge is 2.22. The lowest BCUT2D eigenvalue weighted by Gasteiger charge is -2.26. The Hall–Kier alpha value is -1.22. The molecule has 88 valence electrons. The summed E-state index contributed by atoms with van der Waals surface area (Å²) in [5.41, 5.74) is 0.718. The van der Waals surface area contributed by atoms with Gasteiger partial charge in [-0.2, -0.15) is 0 Å². The van der Waals surface area contributed by atoms with Crippen molar-refractivity contribution in [2.45, 2.75) is 25.3 Å². The summed E-state index contributed by atoms with van der Waals surface area (Å²) in [5.74, 6) is 0.0364. The van der Waals surface area contributed by atoms with Gasteiger partial charge in [-0.3, -0.25) is 4.79 Å². The Morgan fingerprint density at radius 3 is 2.44 bits per heavy atom. The fourth-order valence-electron chi connectivity index (χ4n) is 1.52. The zero-order chi connectivity index (χ0) is 12.3. The van der Waals surface area contributed by atoms with Crippen LogP contribution in [-0.2, 0) is 4.79 Å². The van der Waals surface area contributed by atoms with Crippen LogP contribution in [0.25, 0.3) is 0 Å². The van der Waals surface area contributed by atoms with Crippen LogP contribution >= 0.6 is 11.6 Å². The van der Waals surface area contributed by atoms with E-state index in [0.717, 1.165) is 5.56 Å². The molecule has 0 saturated carbocycles. The van der Waals surface area contributed by atoms with E-state index in [4.69, 9.17) is 11.6 Å². The lowest BCUT2D eigenvalue weighted by molar-refractivity contribution is -0.131. The van der Waals surface area contributed by atoms with Crippen LogP contribution in [0.4, 0.5) is 0 Å². The van der Waals surface area contributed by atoms with Crippen LogP contribution in [0, 0.1) is 0 Å². The minimum Gasteiger partial charge on any atom is -0.508 e. The Kier molecular flexibility index (Phi) is 4.19. The van der Waals surface area contributed by atoms with Gasteiger partial charge in [0, 0.05) is 12.6 Å². The fraction of sp³-hybridized carbons (Fsp3) is 0.417. The summed E-state index contributed by atoms with van der Waals surface area (Å²) in [6, 6.07) is 6.78. The molecule has 0 radical (unpaired) electrons. The highest BCUT2D eigenvalue weighted by molar-refractivity contribution is 6.30. The normalized spacial score (nSPS) is 14.2. The molecule has 0 aromatic heterocycles. The smallest absolute Gasteiger partial charge is 0.240 e. The van der Waals surface area contributed by atoms with Gasteiger partial charge in [-0.05, 0) is 19.9 Å². The molecule has 2 unspecified atom stereocenters. The first-order valence-electron chi connectivity index (χ1n) is 5.13. The van der Waals surface area contributed by atoms with Crippen LogP contribution in [0.3, 0.4) is 0 Å². The topological polar surface area (TPSA) is 40.5 Å². The van der Waals surface area contributed by atoms with Crippen molar-refractivity contribution >= 4 is 17.5 Å². The molecule has 1 amide bonds. The molecule has 0 aliphatic rings. The summed E-state index contributed by atoms with van der Waals surface area (Å²) >= 11 is 5.74. The van der Waals surface area contributed by atoms with Crippen molar-refractivity contribution in [2.24, 2.45) is 0 Å². The molecule has 2 atom stereocenters. The molecular weight excluding hydrogens is 226 g/mol. The lowest BCUT2D eigenvalue weighted by Crippen LogP contribution is -2.34. The maximum Gasteiger partial charge on any atom is 0.240 e. The van der Waals surface area contributed by atoms with Crippen LogP contribution < -0.4 is 0 Å². The maximum atomic E-state index is 11.7. The number of hydrogen-bond acceptors (Lipinski definition) is 2. The number of amides is 1. The molecule has 1 aromatic rings. The van der Waals surface area contributed by atoms with E-state index in [1.807, 2.05) is 13.0 Å². The van der Waals surface area contributed by atoms with Crippen LogP contribution in [0.1, 0.15) is 25.5 Å². The van der Waals surface area contributed by atoms with Crippen LogP contribution in [0.2, 0.25) is 0 Å². The third kappa shape index (κ3) is 2.67. The van der Waals surface area contributed by atoms with Crippen LogP contribution in [0.5, 0.6) is 5.75 Å². The van der Waals surface area contributed by atoms with Crippen LogP contribution in [-0.4, -0.2) is 28.3 Å². The number of alkyl halides is 1. The summed E-state index contributed by atoms with van der Waals surface area (Å²) < 4.78 is 0. The summed E-state index contributed by atoms with van der Waals surface area (Å²) in [4.78, 5) is 13.2. The molecule has 0 bridgehead atoms. The summed E-state index contributed by atoms with van der Waals surface area (Å²) in [6.07, 6.45) is 0. The van der Waals surface area contributed by atoms with Gasteiger partial charge in [0.05, 0.1) is 6.04 Å². The van der Waals surface area contributed by atoms with E-state index in [1.54, 1.807) is 32.2 Å². The van der Waals surface area contributed by atoms with Gasteiger partial charge in [0.1, 0.15) is 11.1 Å². The van der Waals surface area contributed by atoms with E-state index in [0.29, 0.717) is 0 Å². The number of phenolic OH excluding ortho intramolecular Hbond substituents is 1. The number of hydrogen-bond donors (Lipinski definition) is 1. The Morgan fingerprint density at radius 1 is 1.38 bits per heavy atom. The monoisotopic (exact) mass is 241 g/mol. The summed E-state index contributed by atoms with van der Waals surface area (Å²) in [7, 11) is 1.68. The lowest BCUT2D eigenvalue weighted by atomic mass is 10.1. The number of halogens is 1. The van der Waals surface area contributed by atoms with E-state index in [1.165, 1.54) is 4.90 Å². The molecule has 1 rings (SSSR count). The minimum atomic E-state index is -0.557. The van der Waals surface area contributed by atoms with Gasteiger partial charge in [0.2, 0.25) is 5.91 Å². The van der Waals surface area contributed by atoms with Gasteiger partial charge in [-0.1, -0.05) is 18.2 Å². The Labute approximate surface area is 101 Å². The first kappa shape index (κ1) is 12.8. The molecule has 0 saturated heterocycles. The van der Waals surface area contributed by atoms with Crippen LogP contribution in [0.15, 0.2) is 24.3 Å². The Morgan fingerprint density at radius 2 is 1.94 bits per heavy atom. The molecule has 0 aliphatic carbocycles. The second-order valence-corrected chi connectivity index (χ2v) is 4.45. The molecule has 1 N–H and O–H groups in total. The number of carbonyl (C=O) groups excluding carboxylic acids is 1. The SMILES string of the molecule is CC(Cl)C(=O)N(C)C(C)c1ccccc1O. The number of para-hydroxylation sites is 1. The molecule has 0 spiro atoms. The van der Waals surface area contributed by atoms with Gasteiger partial charge in [-0.15, -0.1) is 11.6 Å². The summed E-state index contributed by atoms with van der Waals surface area (Å²) in [6.45, 7) is 3.49. The van der Waals surface area contributed by atoms with Crippen molar-refractivity contribution in [3.05, 3.63) is 29.8 Å². The number of carbonyl (C=O) groups is 1. The first-order valence-corrected chi connectivity index (χ1v) is 5.57. The highest BCUT2D eigenvalue weighted by Crippen LogP contribution is 2.27. The van der Waals surface area contributed by atoms with Gasteiger partial charge < -0.3 is 10.0 Å². The molecule has 1 aromatic carbocycles. The van der Waals surface area contributed by atoms with Gasteiger partial charge in [0.15, 0.2) is 0 Å². The zero-order valence-corrected chi connectivity index (χ0v) is 10.4. The third-order valence-electron chi connectivity index (χ3n) is 2.66.